The predicted molar refractivity (Wildman–Crippen MR) is 74.7 cm³/mol. The van der Waals surface area contributed by atoms with Crippen molar-refractivity contribution in [3.63, 3.8) is 0 Å². The lowest BCUT2D eigenvalue weighted by molar-refractivity contribution is 0.0595. The van der Waals surface area contributed by atoms with Gasteiger partial charge in [0.2, 0.25) is 0 Å². The Morgan fingerprint density at radius 3 is 2.45 bits per heavy atom. The van der Waals surface area contributed by atoms with Crippen molar-refractivity contribution in [1.82, 2.24) is 5.32 Å². The Morgan fingerprint density at radius 2 is 1.80 bits per heavy atom. The Bertz CT molecular complexity index is 584. The molecule has 0 fully saturated rings. The zero-order chi connectivity index (χ0) is 14.4. The number of hydrogen-bond donors (Lipinski definition) is 1. The van der Waals surface area contributed by atoms with E-state index in [2.05, 4.69) is 10.1 Å². The van der Waals surface area contributed by atoms with Gasteiger partial charge in [-0.05, 0) is 23.3 Å². The molecule has 2 rings (SSSR count). The van der Waals surface area contributed by atoms with E-state index < -0.39 is 11.8 Å². The fraction of sp³-hybridized carbons (Fsp3) is 0.188. The van der Waals surface area contributed by atoms with Crippen LogP contribution in [0.2, 0.25) is 0 Å². The maximum atomic E-state index is 13.7. The third-order valence-electron chi connectivity index (χ3n) is 2.94. The average Bonchev–Trinajstić information content (AvgIpc) is 2.48. The first-order valence-electron chi connectivity index (χ1n) is 6.32. The monoisotopic (exact) mass is 273 g/mol. The zero-order valence-corrected chi connectivity index (χ0v) is 11.2. The van der Waals surface area contributed by atoms with E-state index in [-0.39, 0.29) is 5.56 Å². The second kappa shape index (κ2) is 6.82. The SMILES string of the molecule is COC(=O)c1ccc(CNCc2ccccc2)cc1F. The van der Waals surface area contributed by atoms with Crippen LogP contribution < -0.4 is 5.32 Å². The second-order valence-corrected chi connectivity index (χ2v) is 4.39. The van der Waals surface area contributed by atoms with E-state index in [1.54, 1.807) is 6.07 Å². The van der Waals surface area contributed by atoms with Crippen LogP contribution in [0.5, 0.6) is 0 Å². The minimum Gasteiger partial charge on any atom is -0.465 e. The summed E-state index contributed by atoms with van der Waals surface area (Å²) in [7, 11) is 1.23. The lowest BCUT2D eigenvalue weighted by atomic mass is 10.1. The van der Waals surface area contributed by atoms with Crippen LogP contribution in [0.25, 0.3) is 0 Å². The molecule has 0 aliphatic rings. The molecule has 1 N–H and O–H groups in total. The average molecular weight is 273 g/mol. The second-order valence-electron chi connectivity index (χ2n) is 4.39. The molecule has 0 amide bonds. The van der Waals surface area contributed by atoms with Crippen LogP contribution in [0.3, 0.4) is 0 Å². The molecule has 0 aromatic heterocycles. The fourth-order valence-electron chi connectivity index (χ4n) is 1.89. The Balaban J connectivity index is 1.94. The van der Waals surface area contributed by atoms with Crippen LogP contribution in [-0.2, 0) is 17.8 Å². The highest BCUT2D eigenvalue weighted by atomic mass is 19.1. The van der Waals surface area contributed by atoms with Gasteiger partial charge in [-0.3, -0.25) is 0 Å². The Morgan fingerprint density at radius 1 is 1.10 bits per heavy atom. The predicted octanol–water partition coefficient (Wildman–Crippen LogP) is 2.90. The normalized spacial score (nSPS) is 10.3. The van der Waals surface area contributed by atoms with Crippen LogP contribution in [-0.4, -0.2) is 13.1 Å². The summed E-state index contributed by atoms with van der Waals surface area (Å²) in [5.41, 5.74) is 1.91. The van der Waals surface area contributed by atoms with Gasteiger partial charge in [-0.15, -0.1) is 0 Å². The van der Waals surface area contributed by atoms with Crippen molar-refractivity contribution >= 4 is 5.97 Å². The molecule has 2 aromatic rings. The van der Waals surface area contributed by atoms with E-state index in [4.69, 9.17) is 0 Å². The first-order valence-corrected chi connectivity index (χ1v) is 6.32. The highest BCUT2D eigenvalue weighted by Crippen LogP contribution is 2.11. The van der Waals surface area contributed by atoms with Gasteiger partial charge >= 0.3 is 5.97 Å². The lowest BCUT2D eigenvalue weighted by Gasteiger charge is -2.07. The van der Waals surface area contributed by atoms with Gasteiger partial charge in [-0.25, -0.2) is 9.18 Å². The maximum absolute atomic E-state index is 13.7. The Kier molecular flexibility index (Phi) is 4.85. The van der Waals surface area contributed by atoms with Gasteiger partial charge in [0.25, 0.3) is 0 Å². The van der Waals surface area contributed by atoms with Crippen molar-refractivity contribution in [2.75, 3.05) is 7.11 Å². The molecule has 0 aliphatic heterocycles. The summed E-state index contributed by atoms with van der Waals surface area (Å²) in [6.45, 7) is 1.24. The van der Waals surface area contributed by atoms with Crippen molar-refractivity contribution in [3.05, 3.63) is 71.0 Å². The molecule has 0 aliphatic carbocycles. The number of hydrogen-bond acceptors (Lipinski definition) is 3. The van der Waals surface area contributed by atoms with E-state index >= 15 is 0 Å². The summed E-state index contributed by atoms with van der Waals surface area (Å²) in [4.78, 5) is 11.3. The standard InChI is InChI=1S/C16H16FNO2/c1-20-16(19)14-8-7-13(9-15(14)17)11-18-10-12-5-3-2-4-6-12/h2-9,18H,10-11H2,1H3. The van der Waals surface area contributed by atoms with Gasteiger partial charge in [-0.1, -0.05) is 36.4 Å². The summed E-state index contributed by atoms with van der Waals surface area (Å²) in [5, 5.41) is 3.23. The number of ether oxygens (including phenoxy) is 1. The van der Waals surface area contributed by atoms with Crippen molar-refractivity contribution in [3.8, 4) is 0 Å². The van der Waals surface area contributed by atoms with Crippen LogP contribution in [0.1, 0.15) is 21.5 Å². The molecule has 4 heteroatoms. The summed E-state index contributed by atoms with van der Waals surface area (Å²) in [6.07, 6.45) is 0. The van der Waals surface area contributed by atoms with Crippen LogP contribution >= 0.6 is 0 Å². The molecule has 0 spiro atoms. The third-order valence-corrected chi connectivity index (χ3v) is 2.94. The summed E-state index contributed by atoms with van der Waals surface area (Å²) < 4.78 is 18.2. The first kappa shape index (κ1) is 14.2. The number of halogens is 1. The Labute approximate surface area is 117 Å². The summed E-state index contributed by atoms with van der Waals surface area (Å²) in [5.74, 6) is -1.22. The molecule has 0 atom stereocenters. The topological polar surface area (TPSA) is 38.3 Å². The van der Waals surface area contributed by atoms with Crippen molar-refractivity contribution < 1.29 is 13.9 Å². The van der Waals surface area contributed by atoms with Gasteiger partial charge in [0.1, 0.15) is 5.82 Å². The minimum absolute atomic E-state index is 0.0423. The number of benzene rings is 2. The van der Waals surface area contributed by atoms with E-state index in [0.29, 0.717) is 13.1 Å². The smallest absolute Gasteiger partial charge is 0.340 e. The maximum Gasteiger partial charge on any atom is 0.340 e. The molecule has 0 saturated heterocycles. The molecular weight excluding hydrogens is 257 g/mol. The highest BCUT2D eigenvalue weighted by molar-refractivity contribution is 5.89. The van der Waals surface area contributed by atoms with Crippen LogP contribution in [0, 0.1) is 5.82 Å². The zero-order valence-electron chi connectivity index (χ0n) is 11.2. The van der Waals surface area contributed by atoms with Gasteiger partial charge in [-0.2, -0.15) is 0 Å². The number of carbonyl (C=O) groups excluding carboxylic acids is 1. The van der Waals surface area contributed by atoms with Gasteiger partial charge in [0.15, 0.2) is 0 Å². The van der Waals surface area contributed by atoms with Crippen molar-refractivity contribution in [1.29, 1.82) is 0 Å². The van der Waals surface area contributed by atoms with Crippen LogP contribution in [0.4, 0.5) is 4.39 Å². The Hall–Kier alpha value is -2.20. The number of methoxy groups -OCH3 is 1. The molecule has 3 nitrogen and oxygen atoms in total. The number of esters is 1. The molecule has 104 valence electrons. The van der Waals surface area contributed by atoms with Gasteiger partial charge in [0.05, 0.1) is 12.7 Å². The molecule has 0 radical (unpaired) electrons. The third kappa shape index (κ3) is 3.65. The molecular formula is C16H16FNO2. The van der Waals surface area contributed by atoms with E-state index in [1.165, 1.54) is 24.8 Å². The van der Waals surface area contributed by atoms with E-state index in [9.17, 15) is 9.18 Å². The number of rotatable bonds is 5. The van der Waals surface area contributed by atoms with Crippen LogP contribution in [0.15, 0.2) is 48.5 Å². The molecule has 2 aromatic carbocycles. The molecule has 0 saturated carbocycles. The van der Waals surface area contributed by atoms with E-state index in [0.717, 1.165) is 5.56 Å². The molecule has 20 heavy (non-hydrogen) atoms. The van der Waals surface area contributed by atoms with Gasteiger partial charge < -0.3 is 10.1 Å². The molecule has 0 unspecified atom stereocenters. The highest BCUT2D eigenvalue weighted by Gasteiger charge is 2.11. The van der Waals surface area contributed by atoms with Gasteiger partial charge in [0, 0.05) is 13.1 Å². The fourth-order valence-corrected chi connectivity index (χ4v) is 1.89. The van der Waals surface area contributed by atoms with E-state index in [1.807, 2.05) is 30.3 Å². The largest absolute Gasteiger partial charge is 0.465 e. The molecule has 0 bridgehead atoms. The number of carbonyl (C=O) groups is 1. The molecule has 0 heterocycles. The minimum atomic E-state index is -0.661. The lowest BCUT2D eigenvalue weighted by Crippen LogP contribution is -2.13. The van der Waals surface area contributed by atoms with Crippen molar-refractivity contribution in [2.45, 2.75) is 13.1 Å². The quantitative estimate of drug-likeness (QED) is 0.851. The first-order chi connectivity index (χ1) is 9.70. The summed E-state index contributed by atoms with van der Waals surface area (Å²) >= 11 is 0. The number of nitrogens with one attached hydrogen (secondary N) is 1. The summed E-state index contributed by atoms with van der Waals surface area (Å²) in [6, 6.07) is 14.5. The van der Waals surface area contributed by atoms with Crippen molar-refractivity contribution in [2.24, 2.45) is 0 Å².